The Hall–Kier alpha value is -4.10. The lowest BCUT2D eigenvalue weighted by Crippen LogP contribution is -2.34. The quantitative estimate of drug-likeness (QED) is 0.312. The van der Waals surface area contributed by atoms with E-state index in [0.29, 0.717) is 0 Å². The maximum Gasteiger partial charge on any atom is 0.422 e. The average molecular weight is 611 g/mol. The standard InChI is InChI=1S/C28H30ClF3N4O6/c1-27(2,3)42-10-9-21(26(39)35-17-6-7-20(25(33)38)34-13-17)36-14-23(40-4)19(12-24(36)37)18-11-16(29)5-8-22(18)41-15-28(30,31)32/h5-8,11-14,21H,9-10,15H2,1-4H3,(H2,33,38)(H,35,39). The highest BCUT2D eigenvalue weighted by atomic mass is 35.5. The van der Waals surface area contributed by atoms with E-state index in [1.165, 1.54) is 49.8 Å². The van der Waals surface area contributed by atoms with Gasteiger partial charge in [-0.05, 0) is 51.1 Å². The number of hydrogen-bond donors (Lipinski definition) is 2. The van der Waals surface area contributed by atoms with Crippen molar-refractivity contribution in [2.24, 2.45) is 5.73 Å². The lowest BCUT2D eigenvalue weighted by Gasteiger charge is -2.24. The van der Waals surface area contributed by atoms with Gasteiger partial charge in [-0.2, -0.15) is 13.2 Å². The van der Waals surface area contributed by atoms with Gasteiger partial charge in [-0.1, -0.05) is 11.6 Å². The van der Waals surface area contributed by atoms with Gasteiger partial charge in [0.15, 0.2) is 6.61 Å². The van der Waals surface area contributed by atoms with Crippen LogP contribution in [-0.4, -0.2) is 53.5 Å². The first-order valence-electron chi connectivity index (χ1n) is 12.6. The molecule has 2 amide bonds. The van der Waals surface area contributed by atoms with Gasteiger partial charge in [0.2, 0.25) is 5.91 Å². The fourth-order valence-electron chi connectivity index (χ4n) is 3.86. The molecule has 0 spiro atoms. The Morgan fingerprint density at radius 2 is 1.79 bits per heavy atom. The van der Waals surface area contributed by atoms with E-state index < -0.39 is 41.8 Å². The third kappa shape index (κ3) is 8.95. The van der Waals surface area contributed by atoms with Crippen molar-refractivity contribution in [2.45, 2.75) is 45.0 Å². The molecule has 14 heteroatoms. The lowest BCUT2D eigenvalue weighted by molar-refractivity contribution is -0.153. The number of halogens is 4. The van der Waals surface area contributed by atoms with E-state index in [1.807, 2.05) is 20.8 Å². The normalized spacial score (nSPS) is 12.5. The van der Waals surface area contributed by atoms with Crippen LogP contribution in [0.5, 0.6) is 11.5 Å². The van der Waals surface area contributed by atoms with Crippen LogP contribution in [0.15, 0.2) is 53.6 Å². The van der Waals surface area contributed by atoms with Crippen LogP contribution >= 0.6 is 11.6 Å². The number of anilines is 1. The van der Waals surface area contributed by atoms with Gasteiger partial charge in [0.25, 0.3) is 11.5 Å². The molecule has 0 saturated heterocycles. The molecule has 0 radical (unpaired) electrons. The molecule has 42 heavy (non-hydrogen) atoms. The van der Waals surface area contributed by atoms with Crippen molar-refractivity contribution in [2.75, 3.05) is 25.6 Å². The number of nitrogens with zero attached hydrogens (tertiary/aromatic N) is 2. The zero-order valence-corrected chi connectivity index (χ0v) is 24.0. The summed E-state index contributed by atoms with van der Waals surface area (Å²) in [6, 6.07) is 6.73. The summed E-state index contributed by atoms with van der Waals surface area (Å²) in [6.45, 7) is 4.04. The van der Waals surface area contributed by atoms with Crippen molar-refractivity contribution in [3.8, 4) is 22.6 Å². The monoisotopic (exact) mass is 610 g/mol. The molecule has 1 unspecified atom stereocenters. The van der Waals surface area contributed by atoms with E-state index in [2.05, 4.69) is 10.3 Å². The van der Waals surface area contributed by atoms with Gasteiger partial charge in [-0.15, -0.1) is 0 Å². The molecular weight excluding hydrogens is 581 g/mol. The first-order chi connectivity index (χ1) is 19.6. The average Bonchev–Trinajstić information content (AvgIpc) is 2.89. The second kappa shape index (κ2) is 13.3. The van der Waals surface area contributed by atoms with Crippen LogP contribution in [0.4, 0.5) is 18.9 Å². The third-order valence-corrected chi connectivity index (χ3v) is 5.97. The third-order valence-electron chi connectivity index (χ3n) is 5.74. The number of aromatic nitrogens is 2. The summed E-state index contributed by atoms with van der Waals surface area (Å²) < 4.78 is 56.0. The fourth-order valence-corrected chi connectivity index (χ4v) is 4.03. The fraction of sp³-hybridized carbons (Fsp3) is 0.357. The van der Waals surface area contributed by atoms with E-state index in [0.717, 1.165) is 10.6 Å². The molecule has 1 atom stereocenters. The van der Waals surface area contributed by atoms with Crippen LogP contribution in [-0.2, 0) is 9.53 Å². The number of nitrogens with two attached hydrogens (primary N) is 1. The molecule has 3 aromatic rings. The Balaban J connectivity index is 2.04. The first-order valence-corrected chi connectivity index (χ1v) is 13.0. The number of amides is 2. The van der Waals surface area contributed by atoms with Crippen molar-refractivity contribution in [1.29, 1.82) is 0 Å². The van der Waals surface area contributed by atoms with Crippen molar-refractivity contribution in [3.63, 3.8) is 0 Å². The van der Waals surface area contributed by atoms with Gasteiger partial charge in [-0.3, -0.25) is 19.0 Å². The number of primary amides is 1. The Kier molecular flexibility index (Phi) is 10.2. The van der Waals surface area contributed by atoms with Crippen molar-refractivity contribution < 1.29 is 37.0 Å². The molecule has 3 N–H and O–H groups in total. The van der Waals surface area contributed by atoms with Gasteiger partial charge in [0, 0.05) is 35.2 Å². The molecule has 1 aromatic carbocycles. The van der Waals surface area contributed by atoms with Crippen LogP contribution in [0, 0.1) is 0 Å². The number of hydrogen-bond acceptors (Lipinski definition) is 7. The van der Waals surface area contributed by atoms with Crippen LogP contribution in [0.25, 0.3) is 11.1 Å². The molecule has 0 saturated carbocycles. The molecular formula is C28H30ClF3N4O6. The molecule has 3 rings (SSSR count). The Morgan fingerprint density at radius 3 is 2.36 bits per heavy atom. The number of methoxy groups -OCH3 is 1. The van der Waals surface area contributed by atoms with Crippen molar-refractivity contribution in [3.05, 3.63) is 69.9 Å². The number of pyridine rings is 2. The second-order valence-electron chi connectivity index (χ2n) is 10.1. The minimum atomic E-state index is -4.60. The van der Waals surface area contributed by atoms with Gasteiger partial charge in [0.1, 0.15) is 23.2 Å². The lowest BCUT2D eigenvalue weighted by atomic mass is 10.0. The van der Waals surface area contributed by atoms with Gasteiger partial charge < -0.3 is 25.3 Å². The maximum absolute atomic E-state index is 13.4. The van der Waals surface area contributed by atoms with E-state index in [1.54, 1.807) is 0 Å². The number of benzene rings is 1. The molecule has 10 nitrogen and oxygen atoms in total. The van der Waals surface area contributed by atoms with Crippen LogP contribution in [0.3, 0.4) is 0 Å². The summed E-state index contributed by atoms with van der Waals surface area (Å²) >= 11 is 6.11. The highest BCUT2D eigenvalue weighted by Crippen LogP contribution is 2.38. The van der Waals surface area contributed by atoms with Crippen LogP contribution in [0.2, 0.25) is 5.02 Å². The largest absolute Gasteiger partial charge is 0.495 e. The van der Waals surface area contributed by atoms with Gasteiger partial charge in [0.05, 0.1) is 30.8 Å². The smallest absolute Gasteiger partial charge is 0.422 e. The number of carbonyl (C=O) groups is 2. The first kappa shape index (κ1) is 32.4. The molecule has 226 valence electrons. The van der Waals surface area contributed by atoms with E-state index in [-0.39, 0.29) is 52.1 Å². The zero-order valence-electron chi connectivity index (χ0n) is 23.3. The molecule has 0 aliphatic rings. The van der Waals surface area contributed by atoms with E-state index >= 15 is 0 Å². The summed E-state index contributed by atoms with van der Waals surface area (Å²) in [6.07, 6.45) is -2.01. The topological polar surface area (TPSA) is 135 Å². The number of ether oxygens (including phenoxy) is 3. The highest BCUT2D eigenvalue weighted by molar-refractivity contribution is 6.31. The number of carbonyl (C=O) groups excluding carboxylic acids is 2. The summed E-state index contributed by atoms with van der Waals surface area (Å²) in [7, 11) is 1.30. The van der Waals surface area contributed by atoms with E-state index in [9.17, 15) is 27.6 Å². The summed E-state index contributed by atoms with van der Waals surface area (Å²) in [5.41, 5.74) is 4.46. The summed E-state index contributed by atoms with van der Waals surface area (Å²) in [4.78, 5) is 42.1. The van der Waals surface area contributed by atoms with Gasteiger partial charge >= 0.3 is 6.18 Å². The number of rotatable bonds is 11. The van der Waals surface area contributed by atoms with E-state index in [4.69, 9.17) is 31.5 Å². The Bertz CT molecular complexity index is 1490. The summed E-state index contributed by atoms with van der Waals surface area (Å²) in [5.74, 6) is -1.45. The van der Waals surface area contributed by atoms with Gasteiger partial charge in [-0.25, -0.2) is 4.98 Å². The minimum Gasteiger partial charge on any atom is -0.495 e. The number of alkyl halides is 3. The molecule has 0 aliphatic carbocycles. The molecule has 2 heterocycles. The molecule has 2 aromatic heterocycles. The van der Waals surface area contributed by atoms with Crippen molar-refractivity contribution in [1.82, 2.24) is 9.55 Å². The minimum absolute atomic E-state index is 0.000677. The highest BCUT2D eigenvalue weighted by Gasteiger charge is 2.30. The number of nitrogens with one attached hydrogen (secondary N) is 1. The molecule has 0 fully saturated rings. The predicted molar refractivity (Wildman–Crippen MR) is 150 cm³/mol. The van der Waals surface area contributed by atoms with Crippen LogP contribution < -0.4 is 26.1 Å². The molecule has 0 aliphatic heterocycles. The predicted octanol–water partition coefficient (Wildman–Crippen LogP) is 5.00. The van der Waals surface area contributed by atoms with Crippen LogP contribution in [0.1, 0.15) is 43.7 Å². The Labute approximate surface area is 244 Å². The second-order valence-corrected chi connectivity index (χ2v) is 10.5. The van der Waals surface area contributed by atoms with Crippen molar-refractivity contribution >= 4 is 29.1 Å². The summed E-state index contributed by atoms with van der Waals surface area (Å²) in [5, 5.41) is 2.84. The maximum atomic E-state index is 13.4. The zero-order chi connectivity index (χ0) is 31.2. The molecule has 0 bridgehead atoms. The Morgan fingerprint density at radius 1 is 1.10 bits per heavy atom. The SMILES string of the molecule is COc1cn(C(CCOC(C)(C)C)C(=O)Nc2ccc(C(N)=O)nc2)c(=O)cc1-c1cc(Cl)ccc1OCC(F)(F)F.